The minimum absolute atomic E-state index is 0.109. The summed E-state index contributed by atoms with van der Waals surface area (Å²) in [5, 5.41) is 10.4. The summed E-state index contributed by atoms with van der Waals surface area (Å²) in [5.74, 6) is 2.26. The highest BCUT2D eigenvalue weighted by Gasteiger charge is 2.51. The molecule has 2 heteroatoms. The number of hydrogen-bond acceptors (Lipinski definition) is 2. The number of benzene rings is 1. The minimum atomic E-state index is -0.113. The third-order valence-corrected chi connectivity index (χ3v) is 6.35. The molecule has 1 fully saturated rings. The lowest BCUT2D eigenvalue weighted by Gasteiger charge is -2.45. The fourth-order valence-electron chi connectivity index (χ4n) is 5.05. The highest BCUT2D eigenvalue weighted by molar-refractivity contribution is 5.73. The van der Waals surface area contributed by atoms with Gasteiger partial charge >= 0.3 is 0 Å². The average Bonchev–Trinajstić information content (AvgIpc) is 2.82. The number of aliphatic hydroxyl groups excluding tert-OH is 1. The van der Waals surface area contributed by atoms with Crippen molar-refractivity contribution in [2.24, 2.45) is 17.3 Å². The molecule has 2 unspecified atom stereocenters. The fraction of sp³-hybridized carbons (Fsp3) is 0.579. The van der Waals surface area contributed by atoms with E-state index in [-0.39, 0.29) is 11.5 Å². The van der Waals surface area contributed by atoms with Crippen LogP contribution >= 0.6 is 0 Å². The van der Waals surface area contributed by atoms with Gasteiger partial charge < -0.3 is 9.84 Å². The maximum absolute atomic E-state index is 10.4. The Kier molecular flexibility index (Phi) is 2.94. The number of aliphatic hydroxyl groups is 1. The molecule has 0 amide bonds. The van der Waals surface area contributed by atoms with Gasteiger partial charge in [0.15, 0.2) is 0 Å². The van der Waals surface area contributed by atoms with E-state index in [2.05, 4.69) is 31.2 Å². The van der Waals surface area contributed by atoms with Crippen molar-refractivity contribution in [1.82, 2.24) is 0 Å². The van der Waals surface area contributed by atoms with Crippen molar-refractivity contribution in [1.29, 1.82) is 0 Å². The lowest BCUT2D eigenvalue weighted by atomic mass is 9.60. The highest BCUT2D eigenvalue weighted by atomic mass is 16.5. The zero-order valence-electron chi connectivity index (χ0n) is 12.9. The molecule has 0 aromatic heterocycles. The third-order valence-electron chi connectivity index (χ3n) is 6.35. The molecular weight excluding hydrogens is 260 g/mol. The Morgan fingerprint density at radius 1 is 1.24 bits per heavy atom. The summed E-state index contributed by atoms with van der Waals surface area (Å²) < 4.78 is 5.36. The summed E-state index contributed by atoms with van der Waals surface area (Å²) in [6.45, 7) is 2.30. The number of ether oxygens (including phenoxy) is 1. The van der Waals surface area contributed by atoms with Crippen LogP contribution in [-0.4, -0.2) is 18.3 Å². The first-order chi connectivity index (χ1) is 10.1. The van der Waals surface area contributed by atoms with Crippen LogP contribution < -0.4 is 4.74 Å². The maximum Gasteiger partial charge on any atom is 0.119 e. The molecule has 1 saturated carbocycles. The van der Waals surface area contributed by atoms with Gasteiger partial charge in [-0.3, -0.25) is 0 Å². The Morgan fingerprint density at radius 3 is 2.90 bits per heavy atom. The lowest BCUT2D eigenvalue weighted by molar-refractivity contribution is 0.0251. The largest absolute Gasteiger partial charge is 0.497 e. The topological polar surface area (TPSA) is 29.5 Å². The van der Waals surface area contributed by atoms with E-state index in [0.717, 1.165) is 25.0 Å². The van der Waals surface area contributed by atoms with Gasteiger partial charge in [-0.15, -0.1) is 0 Å². The van der Waals surface area contributed by atoms with Crippen molar-refractivity contribution in [3.8, 4) is 5.75 Å². The van der Waals surface area contributed by atoms with Crippen molar-refractivity contribution in [2.75, 3.05) is 7.11 Å². The zero-order valence-corrected chi connectivity index (χ0v) is 12.9. The molecule has 0 heterocycles. The van der Waals surface area contributed by atoms with Crippen LogP contribution in [0.1, 0.15) is 43.7 Å². The van der Waals surface area contributed by atoms with Crippen LogP contribution in [0.15, 0.2) is 24.3 Å². The highest BCUT2D eigenvalue weighted by Crippen LogP contribution is 2.58. The van der Waals surface area contributed by atoms with E-state index in [0.29, 0.717) is 11.8 Å². The molecule has 0 spiro atoms. The number of rotatable bonds is 1. The van der Waals surface area contributed by atoms with Gasteiger partial charge in [-0.1, -0.05) is 19.1 Å². The van der Waals surface area contributed by atoms with Crippen LogP contribution in [0.5, 0.6) is 5.75 Å². The first-order valence-electron chi connectivity index (χ1n) is 8.19. The Labute approximate surface area is 126 Å². The second-order valence-electron chi connectivity index (χ2n) is 7.24. The molecule has 1 aromatic carbocycles. The molecule has 1 N–H and O–H groups in total. The second-order valence-corrected chi connectivity index (χ2v) is 7.24. The summed E-state index contributed by atoms with van der Waals surface area (Å²) in [5.41, 5.74) is 4.50. The van der Waals surface area contributed by atoms with Gasteiger partial charge in [-0.2, -0.15) is 0 Å². The van der Waals surface area contributed by atoms with Crippen molar-refractivity contribution >= 4 is 5.57 Å². The molecule has 3 aliphatic carbocycles. The number of aryl methyl sites for hydroxylation is 1. The standard InChI is InChI=1S/C19H24O2/c1-19-10-9-15-14-6-4-13(21-2)11-12(14)3-5-16(15)17(19)7-8-18(19)20/h4,6,9,11,16-18,20H,3,5,7-8,10H2,1-2H3/t16-,17?,18?,19+/m0/s1. The van der Waals surface area contributed by atoms with Crippen molar-refractivity contribution in [3.63, 3.8) is 0 Å². The third kappa shape index (κ3) is 1.81. The average molecular weight is 284 g/mol. The van der Waals surface area contributed by atoms with Crippen LogP contribution in [-0.2, 0) is 6.42 Å². The van der Waals surface area contributed by atoms with Crippen LogP contribution in [0.25, 0.3) is 5.57 Å². The molecule has 1 aromatic rings. The Hall–Kier alpha value is -1.28. The number of hydrogen-bond donors (Lipinski definition) is 1. The van der Waals surface area contributed by atoms with E-state index in [9.17, 15) is 5.11 Å². The molecule has 0 radical (unpaired) electrons. The monoisotopic (exact) mass is 284 g/mol. The van der Waals surface area contributed by atoms with E-state index in [1.165, 1.54) is 29.5 Å². The van der Waals surface area contributed by atoms with Crippen LogP contribution in [0.3, 0.4) is 0 Å². The van der Waals surface area contributed by atoms with Crippen molar-refractivity contribution in [3.05, 3.63) is 35.4 Å². The van der Waals surface area contributed by atoms with Gasteiger partial charge in [0.1, 0.15) is 5.75 Å². The van der Waals surface area contributed by atoms with Gasteiger partial charge in [0.05, 0.1) is 13.2 Å². The lowest BCUT2D eigenvalue weighted by Crippen LogP contribution is -2.40. The SMILES string of the molecule is COc1ccc2c(c1)CC[C@H]1C2=CC[C@@]2(C)C(O)CCC12. The van der Waals surface area contributed by atoms with Crippen molar-refractivity contribution < 1.29 is 9.84 Å². The summed E-state index contributed by atoms with van der Waals surface area (Å²) in [4.78, 5) is 0. The number of fused-ring (bicyclic) bond motifs is 5. The molecule has 112 valence electrons. The van der Waals surface area contributed by atoms with E-state index in [1.54, 1.807) is 7.11 Å². The predicted octanol–water partition coefficient (Wildman–Crippen LogP) is 3.82. The summed E-state index contributed by atoms with van der Waals surface area (Å²) in [6.07, 6.45) is 7.85. The van der Waals surface area contributed by atoms with Crippen LogP contribution in [0.2, 0.25) is 0 Å². The molecule has 3 aliphatic rings. The van der Waals surface area contributed by atoms with Crippen LogP contribution in [0.4, 0.5) is 0 Å². The van der Waals surface area contributed by atoms with Gasteiger partial charge in [0.2, 0.25) is 0 Å². The zero-order chi connectivity index (χ0) is 14.6. The Morgan fingerprint density at radius 2 is 2.10 bits per heavy atom. The number of methoxy groups -OCH3 is 1. The Balaban J connectivity index is 1.76. The molecule has 4 atom stereocenters. The quantitative estimate of drug-likeness (QED) is 0.849. The predicted molar refractivity (Wildman–Crippen MR) is 84.2 cm³/mol. The first-order valence-corrected chi connectivity index (χ1v) is 8.19. The summed E-state index contributed by atoms with van der Waals surface area (Å²) >= 11 is 0. The molecular formula is C19H24O2. The van der Waals surface area contributed by atoms with E-state index < -0.39 is 0 Å². The second kappa shape index (κ2) is 4.61. The number of allylic oxidation sites excluding steroid dienone is 2. The minimum Gasteiger partial charge on any atom is -0.497 e. The maximum atomic E-state index is 10.4. The molecule has 0 saturated heterocycles. The smallest absolute Gasteiger partial charge is 0.119 e. The summed E-state index contributed by atoms with van der Waals surface area (Å²) in [6, 6.07) is 6.52. The molecule has 4 rings (SSSR count). The van der Waals surface area contributed by atoms with Crippen molar-refractivity contribution in [2.45, 2.75) is 45.1 Å². The van der Waals surface area contributed by atoms with Gasteiger partial charge in [-0.05, 0) is 72.8 Å². The normalized spacial score (nSPS) is 37.3. The van der Waals surface area contributed by atoms with E-state index in [1.807, 2.05) is 0 Å². The van der Waals surface area contributed by atoms with Crippen LogP contribution in [0, 0.1) is 17.3 Å². The van der Waals surface area contributed by atoms with Gasteiger partial charge in [0, 0.05) is 5.41 Å². The first kappa shape index (κ1) is 13.4. The fourth-order valence-corrected chi connectivity index (χ4v) is 5.05. The van der Waals surface area contributed by atoms with Gasteiger partial charge in [-0.25, -0.2) is 0 Å². The Bertz CT molecular complexity index is 604. The van der Waals surface area contributed by atoms with E-state index in [4.69, 9.17) is 4.74 Å². The van der Waals surface area contributed by atoms with E-state index >= 15 is 0 Å². The molecule has 0 aliphatic heterocycles. The van der Waals surface area contributed by atoms with Gasteiger partial charge in [0.25, 0.3) is 0 Å². The summed E-state index contributed by atoms with van der Waals surface area (Å²) in [7, 11) is 1.73. The molecule has 0 bridgehead atoms. The molecule has 2 nitrogen and oxygen atoms in total. The molecule has 21 heavy (non-hydrogen) atoms.